The van der Waals surface area contributed by atoms with Crippen molar-refractivity contribution in [1.29, 1.82) is 0 Å². The summed E-state index contributed by atoms with van der Waals surface area (Å²) in [7, 11) is -3.60. The molecule has 0 aliphatic carbocycles. The van der Waals surface area contributed by atoms with Crippen molar-refractivity contribution in [2.75, 3.05) is 44.2 Å². The average Bonchev–Trinajstić information content (AvgIpc) is 3.31. The van der Waals surface area contributed by atoms with E-state index in [4.69, 9.17) is 4.98 Å². The van der Waals surface area contributed by atoms with Crippen LogP contribution in [0.25, 0.3) is 10.2 Å². The molecule has 7 nitrogen and oxygen atoms in total. The molecule has 0 bridgehead atoms. The summed E-state index contributed by atoms with van der Waals surface area (Å²) < 4.78 is 28.8. The lowest BCUT2D eigenvalue weighted by Crippen LogP contribution is -2.39. The molecule has 0 saturated heterocycles. The fourth-order valence-corrected chi connectivity index (χ4v) is 7.05. The second kappa shape index (κ2) is 13.0. The molecule has 0 saturated carbocycles. The van der Waals surface area contributed by atoms with Crippen LogP contribution in [0.1, 0.15) is 62.0 Å². The van der Waals surface area contributed by atoms with Gasteiger partial charge in [-0.3, -0.25) is 9.69 Å². The van der Waals surface area contributed by atoms with E-state index in [9.17, 15) is 13.2 Å². The number of hydrogen-bond donors (Lipinski definition) is 0. The maximum Gasteiger partial charge on any atom is 0.260 e. The molecular weight excluding hydrogens is 504 g/mol. The number of carbonyl (C=O) groups excluding carboxylic acids is 1. The summed E-state index contributed by atoms with van der Waals surface area (Å²) in [6.07, 6.45) is 1.74. The third-order valence-electron chi connectivity index (χ3n) is 6.68. The maximum absolute atomic E-state index is 13.8. The zero-order valence-corrected chi connectivity index (χ0v) is 24.6. The molecule has 9 heteroatoms. The fraction of sp³-hybridized carbons (Fsp3) is 0.500. The molecule has 202 valence electrons. The lowest BCUT2D eigenvalue weighted by molar-refractivity contribution is 0.0983. The number of aryl methyl sites for hydroxylation is 2. The molecule has 0 N–H and O–H groups in total. The van der Waals surface area contributed by atoms with Crippen LogP contribution in [0, 0.1) is 13.8 Å². The molecule has 37 heavy (non-hydrogen) atoms. The Morgan fingerprint density at radius 1 is 0.919 bits per heavy atom. The first kappa shape index (κ1) is 29.2. The molecule has 0 spiro atoms. The average molecular weight is 545 g/mol. The van der Waals surface area contributed by atoms with Crippen LogP contribution in [0.15, 0.2) is 41.3 Å². The molecule has 0 aliphatic rings. The quantitative estimate of drug-likeness (QED) is 0.275. The van der Waals surface area contributed by atoms with E-state index >= 15 is 0 Å². The summed E-state index contributed by atoms with van der Waals surface area (Å²) >= 11 is 1.52. The highest BCUT2D eigenvalue weighted by atomic mass is 32.2. The number of sulfonamides is 1. The minimum Gasteiger partial charge on any atom is -0.302 e. The Morgan fingerprint density at radius 2 is 1.59 bits per heavy atom. The number of hydrogen-bond acceptors (Lipinski definition) is 6. The van der Waals surface area contributed by atoms with E-state index in [0.29, 0.717) is 30.3 Å². The van der Waals surface area contributed by atoms with Crippen LogP contribution in [0.5, 0.6) is 0 Å². The highest BCUT2D eigenvalue weighted by Crippen LogP contribution is 2.32. The summed E-state index contributed by atoms with van der Waals surface area (Å²) in [5.74, 6) is -0.178. The van der Waals surface area contributed by atoms with Crippen LogP contribution >= 0.6 is 11.3 Å². The van der Waals surface area contributed by atoms with Crippen molar-refractivity contribution < 1.29 is 13.2 Å². The largest absolute Gasteiger partial charge is 0.302 e. The van der Waals surface area contributed by atoms with Crippen LogP contribution in [0.3, 0.4) is 0 Å². The molecule has 1 amide bonds. The van der Waals surface area contributed by atoms with E-state index in [0.717, 1.165) is 53.8 Å². The minimum atomic E-state index is -3.60. The Labute approximate surface area is 226 Å². The van der Waals surface area contributed by atoms with Gasteiger partial charge in [-0.1, -0.05) is 51.5 Å². The fourth-order valence-electron chi connectivity index (χ4n) is 4.40. The molecule has 1 heterocycles. The number of likely N-dealkylation sites (N-methyl/N-ethyl adjacent to an activating group) is 1. The predicted octanol–water partition coefficient (Wildman–Crippen LogP) is 5.71. The van der Waals surface area contributed by atoms with Crippen molar-refractivity contribution in [1.82, 2.24) is 14.2 Å². The summed E-state index contributed by atoms with van der Waals surface area (Å²) in [4.78, 5) is 22.8. The number of unbranched alkanes of at least 4 members (excludes halogenated alkanes) is 1. The van der Waals surface area contributed by atoms with Gasteiger partial charge >= 0.3 is 0 Å². The third-order valence-corrected chi connectivity index (χ3v) is 9.70. The number of nitrogens with zero attached hydrogens (tertiary/aromatic N) is 4. The first-order valence-electron chi connectivity index (χ1n) is 13.2. The van der Waals surface area contributed by atoms with E-state index in [1.54, 1.807) is 29.2 Å². The van der Waals surface area contributed by atoms with Gasteiger partial charge < -0.3 is 4.90 Å². The van der Waals surface area contributed by atoms with Crippen LogP contribution in [0.4, 0.5) is 5.13 Å². The molecule has 3 rings (SSSR count). The number of aromatic nitrogens is 1. The number of carbonyl (C=O) groups is 1. The van der Waals surface area contributed by atoms with Gasteiger partial charge in [-0.15, -0.1) is 0 Å². The minimum absolute atomic E-state index is 0.178. The molecule has 2 aromatic carbocycles. The van der Waals surface area contributed by atoms with Crippen molar-refractivity contribution in [3.63, 3.8) is 0 Å². The monoisotopic (exact) mass is 544 g/mol. The number of amides is 1. The smallest absolute Gasteiger partial charge is 0.260 e. The summed E-state index contributed by atoms with van der Waals surface area (Å²) in [5, 5.41) is 0.661. The van der Waals surface area contributed by atoms with Crippen LogP contribution in [0.2, 0.25) is 0 Å². The summed E-state index contributed by atoms with van der Waals surface area (Å²) in [6.45, 7) is 16.1. The lowest BCUT2D eigenvalue weighted by Gasteiger charge is -2.25. The SMILES string of the molecule is CCCCN(CC)S(=O)(=O)c1ccc(C(=O)N(CCN(CC)CC)c2nc3c(C)cc(C)cc3s2)cc1. The van der Waals surface area contributed by atoms with Crippen molar-refractivity contribution in [2.45, 2.75) is 59.3 Å². The number of benzene rings is 2. The van der Waals surface area contributed by atoms with Crippen LogP contribution < -0.4 is 4.90 Å². The predicted molar refractivity (Wildman–Crippen MR) is 154 cm³/mol. The first-order valence-corrected chi connectivity index (χ1v) is 15.4. The summed E-state index contributed by atoms with van der Waals surface area (Å²) in [5.41, 5.74) is 3.62. The van der Waals surface area contributed by atoms with Crippen LogP contribution in [-0.4, -0.2) is 67.8 Å². The Hall–Kier alpha value is -2.33. The number of anilines is 1. The Bertz CT molecular complexity index is 1300. The molecule has 0 atom stereocenters. The second-order valence-electron chi connectivity index (χ2n) is 9.28. The topological polar surface area (TPSA) is 73.8 Å². The molecule has 0 aliphatic heterocycles. The van der Waals surface area contributed by atoms with Gasteiger partial charge in [0.1, 0.15) is 0 Å². The van der Waals surface area contributed by atoms with Gasteiger partial charge in [0.05, 0.1) is 15.1 Å². The standard InChI is InChI=1S/C28H40N4O3S2/c1-7-11-16-31(10-4)37(34,35)24-14-12-23(13-15-24)27(33)32(18-17-30(8-2)9-3)28-29-26-22(6)19-21(5)20-25(26)36-28/h12-15,19-20H,7-11,16-18H2,1-6H3. The second-order valence-corrected chi connectivity index (χ2v) is 12.2. The molecule has 0 radical (unpaired) electrons. The zero-order chi connectivity index (χ0) is 27.2. The molecule has 0 unspecified atom stereocenters. The Morgan fingerprint density at radius 3 is 2.19 bits per heavy atom. The first-order chi connectivity index (χ1) is 17.7. The van der Waals surface area contributed by atoms with E-state index < -0.39 is 10.0 Å². The van der Waals surface area contributed by atoms with Gasteiger partial charge in [-0.2, -0.15) is 4.31 Å². The van der Waals surface area contributed by atoms with Crippen molar-refractivity contribution in [2.24, 2.45) is 0 Å². The molecule has 3 aromatic rings. The third kappa shape index (κ3) is 6.76. The maximum atomic E-state index is 13.8. The Kier molecular flexibility index (Phi) is 10.2. The molecule has 1 aromatic heterocycles. The zero-order valence-electron chi connectivity index (χ0n) is 23.0. The van der Waals surface area contributed by atoms with Crippen molar-refractivity contribution >= 4 is 42.6 Å². The summed E-state index contributed by atoms with van der Waals surface area (Å²) in [6, 6.07) is 10.5. The van der Waals surface area contributed by atoms with E-state index in [1.807, 2.05) is 20.8 Å². The van der Waals surface area contributed by atoms with Gasteiger partial charge in [0.15, 0.2) is 5.13 Å². The van der Waals surface area contributed by atoms with Gasteiger partial charge in [-0.25, -0.2) is 13.4 Å². The number of fused-ring (bicyclic) bond motifs is 1. The number of thiazole rings is 1. The van der Waals surface area contributed by atoms with Gasteiger partial charge in [-0.05, 0) is 74.8 Å². The Balaban J connectivity index is 1.94. The van der Waals surface area contributed by atoms with Gasteiger partial charge in [0, 0.05) is 31.7 Å². The van der Waals surface area contributed by atoms with E-state index in [1.165, 1.54) is 15.6 Å². The molecular formula is C28H40N4O3S2. The highest BCUT2D eigenvalue weighted by Gasteiger charge is 2.25. The van der Waals surface area contributed by atoms with Crippen LogP contribution in [-0.2, 0) is 10.0 Å². The van der Waals surface area contributed by atoms with Gasteiger partial charge in [0.2, 0.25) is 10.0 Å². The van der Waals surface area contributed by atoms with E-state index in [-0.39, 0.29) is 10.8 Å². The van der Waals surface area contributed by atoms with Crippen molar-refractivity contribution in [3.05, 3.63) is 53.1 Å². The van der Waals surface area contributed by atoms with E-state index in [2.05, 4.69) is 37.8 Å². The normalized spacial score (nSPS) is 12.1. The molecule has 0 fully saturated rings. The lowest BCUT2D eigenvalue weighted by atomic mass is 10.1. The highest BCUT2D eigenvalue weighted by molar-refractivity contribution is 7.89. The number of rotatable bonds is 13. The van der Waals surface area contributed by atoms with Crippen molar-refractivity contribution in [3.8, 4) is 0 Å². The van der Waals surface area contributed by atoms with Gasteiger partial charge in [0.25, 0.3) is 5.91 Å².